The second-order valence-electron chi connectivity index (χ2n) is 11.5. The smallest absolute Gasteiger partial charge is 0.282 e. The summed E-state index contributed by atoms with van der Waals surface area (Å²) in [6.45, 7) is 0.221. The van der Waals surface area contributed by atoms with E-state index in [2.05, 4.69) is 20.2 Å². The standard InChI is InChI=1S/C29H31F4N7O4S2/c1-46(42,43)38-35-20-7-3-4-17-18(20)5-2-6-19(17)25-13-21(37-44-25)23-15-45-29(34-23)16-8-10-39(11-9-16)26(41)14-40-24(28(32)33)12-22(36-40)27(30)31/h2,5-6,12,15-16,25,27-28,38H,3-4,7-11,13-14H2,1H3. The lowest BCUT2D eigenvalue weighted by Gasteiger charge is -2.31. The van der Waals surface area contributed by atoms with Crippen LogP contribution in [0.2, 0.25) is 0 Å². The van der Waals surface area contributed by atoms with Crippen molar-refractivity contribution in [3.8, 4) is 0 Å². The SMILES string of the molecule is CS(=O)(=O)NN=C1CCCc2c1cccc2C1CC(c2csc(C3CCN(C(=O)Cn4nc(C(F)F)cc4C(F)F)CC3)n2)=NO1. The highest BCUT2D eigenvalue weighted by molar-refractivity contribution is 7.88. The van der Waals surface area contributed by atoms with Gasteiger partial charge in [-0.15, -0.1) is 11.3 Å². The quantitative estimate of drug-likeness (QED) is 0.248. The molecule has 3 aromatic rings. The Morgan fingerprint density at radius 2 is 1.96 bits per heavy atom. The van der Waals surface area contributed by atoms with Crippen LogP contribution in [0.1, 0.15) is 95.8 Å². The van der Waals surface area contributed by atoms with Crippen molar-refractivity contribution in [2.24, 2.45) is 10.3 Å². The van der Waals surface area contributed by atoms with E-state index in [1.807, 2.05) is 23.6 Å². The summed E-state index contributed by atoms with van der Waals surface area (Å²) >= 11 is 1.50. The zero-order valence-electron chi connectivity index (χ0n) is 24.7. The lowest BCUT2D eigenvalue weighted by molar-refractivity contribution is -0.133. The fourth-order valence-corrected chi connectivity index (χ4v) is 7.32. The number of hydrazone groups is 1. The molecule has 0 bridgehead atoms. The number of hydrogen-bond donors (Lipinski definition) is 1. The molecule has 1 fully saturated rings. The number of amides is 1. The van der Waals surface area contributed by atoms with Gasteiger partial charge in [-0.2, -0.15) is 10.2 Å². The average molecular weight is 682 g/mol. The van der Waals surface area contributed by atoms with Crippen molar-refractivity contribution in [2.75, 3.05) is 19.3 Å². The lowest BCUT2D eigenvalue weighted by atomic mass is 9.84. The maximum absolute atomic E-state index is 13.3. The first kappa shape index (κ1) is 32.1. The first-order chi connectivity index (χ1) is 22.0. The number of aromatic nitrogens is 3. The van der Waals surface area contributed by atoms with Crippen LogP contribution in [0.15, 0.2) is 39.9 Å². The number of sulfonamides is 1. The van der Waals surface area contributed by atoms with Crippen LogP contribution < -0.4 is 4.83 Å². The van der Waals surface area contributed by atoms with Crippen molar-refractivity contribution in [1.29, 1.82) is 0 Å². The monoisotopic (exact) mass is 681 g/mol. The molecule has 0 spiro atoms. The Bertz CT molecular complexity index is 1780. The maximum Gasteiger partial charge on any atom is 0.282 e. The summed E-state index contributed by atoms with van der Waals surface area (Å²) in [5.41, 5.74) is 3.59. The van der Waals surface area contributed by atoms with Crippen LogP contribution >= 0.6 is 11.3 Å². The number of alkyl halides is 4. The van der Waals surface area contributed by atoms with Gasteiger partial charge < -0.3 is 9.74 Å². The Hall–Kier alpha value is -3.86. The number of carbonyl (C=O) groups is 1. The van der Waals surface area contributed by atoms with Crippen molar-refractivity contribution in [3.63, 3.8) is 0 Å². The fourth-order valence-electron chi connectivity index (χ4n) is 6.05. The van der Waals surface area contributed by atoms with E-state index in [-0.39, 0.29) is 12.0 Å². The Labute approximate surface area is 266 Å². The summed E-state index contributed by atoms with van der Waals surface area (Å²) in [5.74, 6) is -0.367. The van der Waals surface area contributed by atoms with Gasteiger partial charge in [0.2, 0.25) is 15.9 Å². The molecule has 1 atom stereocenters. The topological polar surface area (TPSA) is 131 Å². The molecule has 4 heterocycles. The van der Waals surface area contributed by atoms with E-state index in [0.717, 1.165) is 52.2 Å². The molecular weight excluding hydrogens is 650 g/mol. The molecular formula is C29H31F4N7O4S2. The summed E-state index contributed by atoms with van der Waals surface area (Å²) in [4.78, 5) is 27.3. The Balaban J connectivity index is 1.06. The molecule has 1 aliphatic carbocycles. The molecule has 2 aromatic heterocycles. The number of fused-ring (bicyclic) bond motifs is 1. The van der Waals surface area contributed by atoms with Gasteiger partial charge in [-0.3, -0.25) is 9.48 Å². The highest BCUT2D eigenvalue weighted by atomic mass is 32.2. The molecule has 246 valence electrons. The number of nitrogens with one attached hydrogen (secondary N) is 1. The second-order valence-corrected chi connectivity index (χ2v) is 14.1. The molecule has 1 aromatic carbocycles. The Morgan fingerprint density at radius 3 is 2.67 bits per heavy atom. The third-order valence-electron chi connectivity index (χ3n) is 8.30. The van der Waals surface area contributed by atoms with Crippen LogP contribution in [-0.2, 0) is 32.6 Å². The minimum absolute atomic E-state index is 0.0904. The van der Waals surface area contributed by atoms with Crippen LogP contribution in [-0.4, -0.2) is 64.8 Å². The normalized spacial score (nSPS) is 19.9. The number of carbonyl (C=O) groups excluding carboxylic acids is 1. The van der Waals surface area contributed by atoms with Gasteiger partial charge in [0.15, 0.2) is 6.10 Å². The number of thiazole rings is 1. The van der Waals surface area contributed by atoms with Gasteiger partial charge in [-0.1, -0.05) is 23.4 Å². The van der Waals surface area contributed by atoms with Crippen molar-refractivity contribution in [3.05, 3.63) is 68.4 Å². The third-order valence-corrected chi connectivity index (χ3v) is 9.73. The third kappa shape index (κ3) is 6.94. The summed E-state index contributed by atoms with van der Waals surface area (Å²) < 4.78 is 76.4. The molecule has 11 nitrogen and oxygen atoms in total. The fraction of sp³-hybridized carbons (Fsp3) is 0.483. The molecule has 1 unspecified atom stereocenters. The minimum atomic E-state index is -3.47. The van der Waals surface area contributed by atoms with E-state index in [0.29, 0.717) is 55.2 Å². The first-order valence-electron chi connectivity index (χ1n) is 14.7. The van der Waals surface area contributed by atoms with E-state index >= 15 is 0 Å². The van der Waals surface area contributed by atoms with Crippen molar-refractivity contribution in [2.45, 2.75) is 69.9 Å². The Kier molecular flexibility index (Phi) is 9.14. The van der Waals surface area contributed by atoms with Gasteiger partial charge in [0.05, 0.1) is 22.7 Å². The van der Waals surface area contributed by atoms with Gasteiger partial charge in [-0.25, -0.2) is 35.8 Å². The van der Waals surface area contributed by atoms with Crippen LogP contribution in [0.5, 0.6) is 0 Å². The van der Waals surface area contributed by atoms with Gasteiger partial charge >= 0.3 is 0 Å². The molecule has 17 heteroatoms. The maximum atomic E-state index is 13.3. The van der Waals surface area contributed by atoms with Gasteiger partial charge in [-0.05, 0) is 49.3 Å². The zero-order valence-corrected chi connectivity index (χ0v) is 26.3. The van der Waals surface area contributed by atoms with Crippen LogP contribution in [0.25, 0.3) is 0 Å². The average Bonchev–Trinajstić information content (AvgIpc) is 3.79. The van der Waals surface area contributed by atoms with Crippen molar-refractivity contribution in [1.82, 2.24) is 24.5 Å². The molecule has 6 rings (SSSR count). The summed E-state index contributed by atoms with van der Waals surface area (Å²) in [6.07, 6.45) is -1.25. The molecule has 1 amide bonds. The van der Waals surface area contributed by atoms with Crippen molar-refractivity contribution < 1.29 is 35.6 Å². The number of rotatable bonds is 9. The van der Waals surface area contributed by atoms with E-state index in [1.165, 1.54) is 16.2 Å². The van der Waals surface area contributed by atoms with Crippen LogP contribution in [0, 0.1) is 0 Å². The minimum Gasteiger partial charge on any atom is -0.387 e. The molecule has 2 aliphatic heterocycles. The Morgan fingerprint density at radius 1 is 1.17 bits per heavy atom. The number of nitrogens with zero attached hydrogens (tertiary/aromatic N) is 6. The van der Waals surface area contributed by atoms with Crippen LogP contribution in [0.4, 0.5) is 17.6 Å². The molecule has 0 saturated carbocycles. The molecule has 3 aliphatic rings. The number of hydrogen-bond acceptors (Lipinski definition) is 9. The van der Waals surface area contributed by atoms with Crippen LogP contribution in [0.3, 0.4) is 0 Å². The summed E-state index contributed by atoms with van der Waals surface area (Å²) in [5, 5.41) is 14.8. The van der Waals surface area contributed by atoms with E-state index < -0.39 is 46.7 Å². The van der Waals surface area contributed by atoms with E-state index in [4.69, 9.17) is 9.82 Å². The summed E-state index contributed by atoms with van der Waals surface area (Å²) in [6, 6.07) is 6.47. The van der Waals surface area contributed by atoms with E-state index in [9.17, 15) is 30.8 Å². The molecule has 46 heavy (non-hydrogen) atoms. The first-order valence-corrected chi connectivity index (χ1v) is 17.5. The zero-order chi connectivity index (χ0) is 32.6. The second kappa shape index (κ2) is 13.1. The lowest BCUT2D eigenvalue weighted by Crippen LogP contribution is -2.40. The van der Waals surface area contributed by atoms with Gasteiger partial charge in [0.25, 0.3) is 12.9 Å². The molecule has 1 saturated heterocycles. The largest absolute Gasteiger partial charge is 0.387 e. The highest BCUT2D eigenvalue weighted by Crippen LogP contribution is 2.37. The van der Waals surface area contributed by atoms with Crippen molar-refractivity contribution >= 4 is 38.7 Å². The number of halogens is 4. The number of oxime groups is 1. The highest BCUT2D eigenvalue weighted by Gasteiger charge is 2.32. The molecule has 0 radical (unpaired) electrons. The van der Waals surface area contributed by atoms with E-state index in [1.54, 1.807) is 0 Å². The number of benzene rings is 1. The predicted octanol–water partition coefficient (Wildman–Crippen LogP) is 5.08. The predicted molar refractivity (Wildman–Crippen MR) is 162 cm³/mol. The molecule has 1 N–H and O–H groups in total. The number of piperidine rings is 1. The summed E-state index contributed by atoms with van der Waals surface area (Å²) in [7, 11) is -3.47. The van der Waals surface area contributed by atoms with Gasteiger partial charge in [0.1, 0.15) is 23.6 Å². The number of likely N-dealkylation sites (tertiary alicyclic amines) is 1. The van der Waals surface area contributed by atoms with Gasteiger partial charge in [0, 0.05) is 36.4 Å².